The first-order chi connectivity index (χ1) is 18.1. The van der Waals surface area contributed by atoms with Crippen LogP contribution in [0.1, 0.15) is 30.0 Å². The van der Waals surface area contributed by atoms with Gasteiger partial charge in [-0.25, -0.2) is 8.42 Å². The predicted molar refractivity (Wildman–Crippen MR) is 149 cm³/mol. The molecule has 0 aliphatic heterocycles. The Kier molecular flexibility index (Phi) is 9.52. The van der Waals surface area contributed by atoms with Crippen molar-refractivity contribution in [1.29, 1.82) is 0 Å². The number of hydrogen-bond acceptors (Lipinski definition) is 5. The van der Waals surface area contributed by atoms with Crippen molar-refractivity contribution >= 4 is 27.5 Å². The Morgan fingerprint density at radius 1 is 0.947 bits per heavy atom. The lowest BCUT2D eigenvalue weighted by atomic mass is 10.1. The highest BCUT2D eigenvalue weighted by Crippen LogP contribution is 2.33. The molecule has 0 unspecified atom stereocenters. The summed E-state index contributed by atoms with van der Waals surface area (Å²) in [4.78, 5) is 28.3. The lowest BCUT2D eigenvalue weighted by molar-refractivity contribution is -0.140. The van der Waals surface area contributed by atoms with Gasteiger partial charge in [0.1, 0.15) is 18.3 Å². The van der Waals surface area contributed by atoms with Crippen molar-refractivity contribution in [2.75, 3.05) is 25.0 Å². The maximum atomic E-state index is 14.0. The topological polar surface area (TPSA) is 96.0 Å². The number of likely N-dealkylation sites (N-methyl/N-ethyl adjacent to an activating group) is 1. The van der Waals surface area contributed by atoms with Crippen LogP contribution in [0.25, 0.3) is 0 Å². The van der Waals surface area contributed by atoms with Gasteiger partial charge in [0.25, 0.3) is 10.0 Å². The van der Waals surface area contributed by atoms with E-state index in [1.165, 1.54) is 31.2 Å². The number of amides is 2. The van der Waals surface area contributed by atoms with Gasteiger partial charge >= 0.3 is 0 Å². The number of ether oxygens (including phenoxy) is 1. The predicted octanol–water partition coefficient (Wildman–Crippen LogP) is 4.06. The molecule has 3 rings (SSSR count). The number of aryl methyl sites for hydroxylation is 2. The maximum absolute atomic E-state index is 14.0. The molecule has 0 aromatic heterocycles. The molecule has 0 spiro atoms. The second-order valence-electron chi connectivity index (χ2n) is 9.05. The molecule has 0 radical (unpaired) electrons. The highest BCUT2D eigenvalue weighted by atomic mass is 32.2. The molecule has 3 aromatic carbocycles. The molecular formula is C29H35N3O5S. The van der Waals surface area contributed by atoms with Crippen molar-refractivity contribution < 1.29 is 22.7 Å². The molecule has 0 saturated carbocycles. The van der Waals surface area contributed by atoms with Crippen LogP contribution in [0.5, 0.6) is 5.75 Å². The third kappa shape index (κ3) is 6.52. The molecule has 38 heavy (non-hydrogen) atoms. The van der Waals surface area contributed by atoms with E-state index in [0.717, 1.165) is 21.0 Å². The molecule has 1 N–H and O–H groups in total. The first kappa shape index (κ1) is 28.7. The third-order valence-corrected chi connectivity index (χ3v) is 8.09. The number of sulfonamides is 1. The van der Waals surface area contributed by atoms with Gasteiger partial charge < -0.3 is 15.0 Å². The number of nitrogens with zero attached hydrogens (tertiary/aromatic N) is 2. The van der Waals surface area contributed by atoms with Crippen LogP contribution in [0.2, 0.25) is 0 Å². The van der Waals surface area contributed by atoms with Crippen molar-refractivity contribution in [3.8, 4) is 5.75 Å². The fraction of sp³-hybridized carbons (Fsp3) is 0.310. The van der Waals surface area contributed by atoms with E-state index in [-0.39, 0.29) is 23.0 Å². The van der Waals surface area contributed by atoms with Crippen LogP contribution in [-0.4, -0.2) is 51.9 Å². The first-order valence-corrected chi connectivity index (χ1v) is 13.8. The Morgan fingerprint density at radius 2 is 1.58 bits per heavy atom. The fourth-order valence-corrected chi connectivity index (χ4v) is 5.64. The molecule has 3 aromatic rings. The highest BCUT2D eigenvalue weighted by molar-refractivity contribution is 7.92. The molecule has 0 heterocycles. The lowest BCUT2D eigenvalue weighted by Gasteiger charge is -2.33. The zero-order valence-corrected chi connectivity index (χ0v) is 23.3. The first-order valence-electron chi connectivity index (χ1n) is 12.4. The largest absolute Gasteiger partial charge is 0.495 e. The number of anilines is 1. The number of rotatable bonds is 11. The average Bonchev–Trinajstić information content (AvgIpc) is 2.92. The van der Waals surface area contributed by atoms with Gasteiger partial charge in [-0.3, -0.25) is 13.9 Å². The van der Waals surface area contributed by atoms with Crippen LogP contribution >= 0.6 is 0 Å². The van der Waals surface area contributed by atoms with E-state index in [0.29, 0.717) is 12.2 Å². The minimum atomic E-state index is -4.16. The summed E-state index contributed by atoms with van der Waals surface area (Å²) in [5.41, 5.74) is 2.94. The lowest BCUT2D eigenvalue weighted by Crippen LogP contribution is -2.51. The van der Waals surface area contributed by atoms with Crippen LogP contribution in [0.15, 0.2) is 77.7 Å². The van der Waals surface area contributed by atoms with Crippen molar-refractivity contribution in [3.05, 3.63) is 89.5 Å². The van der Waals surface area contributed by atoms with E-state index < -0.39 is 28.5 Å². The van der Waals surface area contributed by atoms with E-state index in [1.807, 2.05) is 45.0 Å². The summed E-state index contributed by atoms with van der Waals surface area (Å²) in [6, 6.07) is 20.0. The van der Waals surface area contributed by atoms with E-state index in [2.05, 4.69) is 5.32 Å². The van der Waals surface area contributed by atoms with Crippen molar-refractivity contribution in [3.63, 3.8) is 0 Å². The molecular weight excluding hydrogens is 502 g/mol. The third-order valence-electron chi connectivity index (χ3n) is 6.32. The molecule has 0 bridgehead atoms. The summed E-state index contributed by atoms with van der Waals surface area (Å²) < 4.78 is 34.4. The van der Waals surface area contributed by atoms with Crippen LogP contribution in [-0.2, 0) is 26.2 Å². The molecule has 0 aliphatic carbocycles. The standard InChI is InChI=1S/C29H35N3O5S/c1-6-25(29(34)30-4)31(19-23-15-12-21(2)13-16-23)28(33)20-32(26-18-22(3)14-17-27(26)37-5)38(35,36)24-10-8-7-9-11-24/h7-18,25H,6,19-20H2,1-5H3,(H,30,34)/t25-/m1/s1. The number of nitrogens with one attached hydrogen (secondary N) is 1. The van der Waals surface area contributed by atoms with E-state index in [4.69, 9.17) is 4.74 Å². The summed E-state index contributed by atoms with van der Waals surface area (Å²) >= 11 is 0. The second-order valence-corrected chi connectivity index (χ2v) is 10.9. The van der Waals surface area contributed by atoms with Gasteiger partial charge in [0.15, 0.2) is 0 Å². The van der Waals surface area contributed by atoms with Crippen molar-refractivity contribution in [2.45, 2.75) is 44.7 Å². The van der Waals surface area contributed by atoms with E-state index >= 15 is 0 Å². The van der Waals surface area contributed by atoms with Gasteiger partial charge in [0, 0.05) is 13.6 Å². The molecule has 202 valence electrons. The monoisotopic (exact) mass is 537 g/mol. The number of carbonyl (C=O) groups is 2. The van der Waals surface area contributed by atoms with Gasteiger partial charge in [0.05, 0.1) is 17.7 Å². The van der Waals surface area contributed by atoms with Crippen LogP contribution in [0, 0.1) is 13.8 Å². The van der Waals surface area contributed by atoms with Crippen LogP contribution < -0.4 is 14.4 Å². The maximum Gasteiger partial charge on any atom is 0.264 e. The Morgan fingerprint density at radius 3 is 2.16 bits per heavy atom. The molecule has 0 saturated heterocycles. The molecule has 0 fully saturated rings. The van der Waals surface area contributed by atoms with Crippen LogP contribution in [0.3, 0.4) is 0 Å². The summed E-state index contributed by atoms with van der Waals surface area (Å²) in [7, 11) is -1.20. The molecule has 9 heteroatoms. The quantitative estimate of drug-likeness (QED) is 0.398. The zero-order chi connectivity index (χ0) is 27.9. The summed E-state index contributed by atoms with van der Waals surface area (Å²) in [5, 5.41) is 2.63. The smallest absolute Gasteiger partial charge is 0.264 e. The Hall–Kier alpha value is -3.85. The number of hydrogen-bond donors (Lipinski definition) is 1. The van der Waals surface area contributed by atoms with Gasteiger partial charge in [-0.05, 0) is 55.7 Å². The minimum absolute atomic E-state index is 0.0415. The number of benzene rings is 3. The van der Waals surface area contributed by atoms with Gasteiger partial charge in [-0.1, -0.05) is 61.0 Å². The number of methoxy groups -OCH3 is 1. The number of carbonyl (C=O) groups excluding carboxylic acids is 2. The Labute approximate surface area is 225 Å². The van der Waals surface area contributed by atoms with E-state index in [1.54, 1.807) is 36.4 Å². The summed E-state index contributed by atoms with van der Waals surface area (Å²) in [5.74, 6) is -0.519. The Balaban J connectivity index is 2.11. The molecule has 8 nitrogen and oxygen atoms in total. The minimum Gasteiger partial charge on any atom is -0.495 e. The average molecular weight is 538 g/mol. The normalized spacial score (nSPS) is 11.9. The second kappa shape index (κ2) is 12.6. The van der Waals surface area contributed by atoms with Gasteiger partial charge in [0.2, 0.25) is 11.8 Å². The van der Waals surface area contributed by atoms with Gasteiger partial charge in [-0.2, -0.15) is 0 Å². The van der Waals surface area contributed by atoms with Crippen molar-refractivity contribution in [1.82, 2.24) is 10.2 Å². The SMILES string of the molecule is CC[C@H](C(=O)NC)N(Cc1ccc(C)cc1)C(=O)CN(c1cc(C)ccc1OC)S(=O)(=O)c1ccccc1. The fourth-order valence-electron chi connectivity index (χ4n) is 4.20. The molecule has 0 aliphatic rings. The zero-order valence-electron chi connectivity index (χ0n) is 22.5. The summed E-state index contributed by atoms with van der Waals surface area (Å²) in [6.45, 7) is 5.25. The summed E-state index contributed by atoms with van der Waals surface area (Å²) in [6.07, 6.45) is 0.358. The van der Waals surface area contributed by atoms with E-state index in [9.17, 15) is 18.0 Å². The highest BCUT2D eigenvalue weighted by Gasteiger charge is 2.34. The molecule has 1 atom stereocenters. The van der Waals surface area contributed by atoms with Gasteiger partial charge in [-0.15, -0.1) is 0 Å². The van der Waals surface area contributed by atoms with Crippen molar-refractivity contribution in [2.24, 2.45) is 0 Å². The van der Waals surface area contributed by atoms with Crippen LogP contribution in [0.4, 0.5) is 5.69 Å². The molecule has 2 amide bonds. The Bertz CT molecular complexity index is 1360.